The topological polar surface area (TPSA) is 58.1 Å². The van der Waals surface area contributed by atoms with Gasteiger partial charge in [0.15, 0.2) is 0 Å². The molecule has 0 bridgehead atoms. The third kappa shape index (κ3) is 3.73. The van der Waals surface area contributed by atoms with Crippen LogP contribution < -0.4 is 5.32 Å². The fraction of sp³-hybridized carbons (Fsp3) is 0.643. The van der Waals surface area contributed by atoms with Gasteiger partial charge in [-0.25, -0.2) is 9.97 Å². The lowest BCUT2D eigenvalue weighted by molar-refractivity contribution is 0.0821. The number of piperidine rings is 1. The van der Waals surface area contributed by atoms with Gasteiger partial charge in [-0.15, -0.1) is 0 Å². The van der Waals surface area contributed by atoms with Gasteiger partial charge in [-0.1, -0.05) is 0 Å². The van der Waals surface area contributed by atoms with Crippen molar-refractivity contribution in [2.24, 2.45) is 5.92 Å². The highest BCUT2D eigenvalue weighted by Crippen LogP contribution is 2.16. The van der Waals surface area contributed by atoms with E-state index in [2.05, 4.69) is 15.3 Å². The van der Waals surface area contributed by atoms with Crippen LogP contribution in [0, 0.1) is 12.8 Å². The molecule has 1 amide bonds. The highest BCUT2D eigenvalue weighted by Gasteiger charge is 2.17. The van der Waals surface area contributed by atoms with E-state index in [4.69, 9.17) is 0 Å². The first-order chi connectivity index (χ1) is 9.06. The summed E-state index contributed by atoms with van der Waals surface area (Å²) in [6.45, 7) is 4.00. The van der Waals surface area contributed by atoms with Crippen molar-refractivity contribution in [2.45, 2.75) is 26.2 Å². The normalized spacial score (nSPS) is 19.2. The van der Waals surface area contributed by atoms with Crippen LogP contribution >= 0.6 is 0 Å². The van der Waals surface area contributed by atoms with Gasteiger partial charge in [0.05, 0.1) is 0 Å². The van der Waals surface area contributed by atoms with E-state index in [1.807, 2.05) is 13.0 Å². The summed E-state index contributed by atoms with van der Waals surface area (Å²) in [5.74, 6) is 1.23. The smallest absolute Gasteiger partial charge is 0.272 e. The molecule has 1 N–H and O–H groups in total. The first kappa shape index (κ1) is 13.9. The summed E-state index contributed by atoms with van der Waals surface area (Å²) in [7, 11) is 3.48. The van der Waals surface area contributed by atoms with E-state index < -0.39 is 0 Å². The SMILES string of the molecule is Cc1nc(CC2CCCNC2)cc(C(=O)N(C)C)n1. The van der Waals surface area contributed by atoms with Gasteiger partial charge in [0.2, 0.25) is 0 Å². The first-order valence-corrected chi connectivity index (χ1v) is 6.83. The summed E-state index contributed by atoms with van der Waals surface area (Å²) in [4.78, 5) is 22.2. The van der Waals surface area contributed by atoms with Crippen LogP contribution in [0.4, 0.5) is 0 Å². The maximum atomic E-state index is 12.0. The van der Waals surface area contributed by atoms with Crippen LogP contribution in [0.2, 0.25) is 0 Å². The second kappa shape index (κ2) is 6.10. The van der Waals surface area contributed by atoms with Gasteiger partial charge in [0.1, 0.15) is 11.5 Å². The number of hydrogen-bond donors (Lipinski definition) is 1. The van der Waals surface area contributed by atoms with Crippen LogP contribution in [0.3, 0.4) is 0 Å². The highest BCUT2D eigenvalue weighted by molar-refractivity contribution is 5.91. The number of aryl methyl sites for hydroxylation is 1. The Morgan fingerprint density at radius 3 is 2.89 bits per heavy atom. The number of carbonyl (C=O) groups is 1. The van der Waals surface area contributed by atoms with Gasteiger partial charge in [0.25, 0.3) is 5.91 Å². The van der Waals surface area contributed by atoms with Gasteiger partial charge >= 0.3 is 0 Å². The molecule has 0 radical (unpaired) electrons. The van der Waals surface area contributed by atoms with Crippen molar-refractivity contribution < 1.29 is 4.79 Å². The number of amides is 1. The largest absolute Gasteiger partial charge is 0.343 e. The molecule has 1 unspecified atom stereocenters. The molecule has 19 heavy (non-hydrogen) atoms. The van der Waals surface area contributed by atoms with Crippen molar-refractivity contribution in [1.82, 2.24) is 20.2 Å². The minimum absolute atomic E-state index is 0.0616. The van der Waals surface area contributed by atoms with E-state index >= 15 is 0 Å². The fourth-order valence-electron chi connectivity index (χ4n) is 2.47. The molecule has 0 aliphatic carbocycles. The minimum atomic E-state index is -0.0616. The van der Waals surface area contributed by atoms with Crippen molar-refractivity contribution in [2.75, 3.05) is 27.2 Å². The van der Waals surface area contributed by atoms with Crippen LogP contribution in [-0.4, -0.2) is 48.0 Å². The molecule has 5 heteroatoms. The molecule has 1 fully saturated rings. The molecule has 0 saturated carbocycles. The number of aromatic nitrogens is 2. The number of nitrogens with one attached hydrogen (secondary N) is 1. The average Bonchev–Trinajstić information content (AvgIpc) is 2.38. The molecule has 1 saturated heterocycles. The van der Waals surface area contributed by atoms with E-state index in [9.17, 15) is 4.79 Å². The summed E-state index contributed by atoms with van der Waals surface area (Å²) in [6.07, 6.45) is 3.37. The number of rotatable bonds is 3. The Bertz CT molecular complexity index is 453. The van der Waals surface area contributed by atoms with Crippen LogP contribution in [0.5, 0.6) is 0 Å². The zero-order chi connectivity index (χ0) is 13.8. The van der Waals surface area contributed by atoms with E-state index in [1.165, 1.54) is 12.8 Å². The monoisotopic (exact) mass is 262 g/mol. The zero-order valence-electron chi connectivity index (χ0n) is 11.9. The molecule has 1 aliphatic rings. The van der Waals surface area contributed by atoms with Crippen molar-refractivity contribution in [3.05, 3.63) is 23.3 Å². The molecular weight excluding hydrogens is 240 g/mol. The standard InChI is InChI=1S/C14H22N4O/c1-10-16-12(7-11-5-4-6-15-9-11)8-13(17-10)14(19)18(2)3/h8,11,15H,4-7,9H2,1-3H3. The Morgan fingerprint density at radius 1 is 1.47 bits per heavy atom. The molecule has 0 aromatic carbocycles. The van der Waals surface area contributed by atoms with Crippen molar-refractivity contribution in [3.63, 3.8) is 0 Å². The second-order valence-electron chi connectivity index (χ2n) is 5.41. The van der Waals surface area contributed by atoms with Crippen LogP contribution in [0.25, 0.3) is 0 Å². The number of hydrogen-bond acceptors (Lipinski definition) is 4. The average molecular weight is 262 g/mol. The summed E-state index contributed by atoms with van der Waals surface area (Å²) in [6, 6.07) is 1.84. The minimum Gasteiger partial charge on any atom is -0.343 e. The molecule has 1 aliphatic heterocycles. The second-order valence-corrected chi connectivity index (χ2v) is 5.41. The maximum Gasteiger partial charge on any atom is 0.272 e. The maximum absolute atomic E-state index is 12.0. The molecule has 5 nitrogen and oxygen atoms in total. The molecule has 2 rings (SSSR count). The molecule has 1 atom stereocenters. The van der Waals surface area contributed by atoms with Crippen LogP contribution in [0.1, 0.15) is 34.8 Å². The predicted molar refractivity (Wildman–Crippen MR) is 74.1 cm³/mol. The van der Waals surface area contributed by atoms with Crippen LogP contribution in [0.15, 0.2) is 6.07 Å². The van der Waals surface area contributed by atoms with Crippen molar-refractivity contribution in [1.29, 1.82) is 0 Å². The first-order valence-electron chi connectivity index (χ1n) is 6.83. The lowest BCUT2D eigenvalue weighted by Crippen LogP contribution is -2.31. The highest BCUT2D eigenvalue weighted by atomic mass is 16.2. The van der Waals surface area contributed by atoms with Gasteiger partial charge < -0.3 is 10.2 Å². The quantitative estimate of drug-likeness (QED) is 0.884. The Hall–Kier alpha value is -1.49. The fourth-order valence-corrected chi connectivity index (χ4v) is 2.47. The Kier molecular flexibility index (Phi) is 4.47. The number of carbonyl (C=O) groups excluding carboxylic acids is 1. The van der Waals surface area contributed by atoms with Crippen LogP contribution in [-0.2, 0) is 6.42 Å². The van der Waals surface area contributed by atoms with E-state index in [1.54, 1.807) is 19.0 Å². The lowest BCUT2D eigenvalue weighted by atomic mass is 9.94. The Labute approximate surface area is 114 Å². The molecule has 0 spiro atoms. The molecule has 1 aromatic rings. The van der Waals surface area contributed by atoms with Gasteiger partial charge in [-0.2, -0.15) is 0 Å². The zero-order valence-corrected chi connectivity index (χ0v) is 11.9. The Morgan fingerprint density at radius 2 is 2.26 bits per heavy atom. The molecule has 104 valence electrons. The lowest BCUT2D eigenvalue weighted by Gasteiger charge is -2.22. The third-order valence-electron chi connectivity index (χ3n) is 3.41. The molecular formula is C14H22N4O. The summed E-state index contributed by atoms with van der Waals surface area (Å²) in [5.41, 5.74) is 1.47. The van der Waals surface area contributed by atoms with Gasteiger partial charge in [-0.3, -0.25) is 4.79 Å². The molecule has 2 heterocycles. The van der Waals surface area contributed by atoms with Crippen molar-refractivity contribution in [3.8, 4) is 0 Å². The van der Waals surface area contributed by atoms with Gasteiger partial charge in [0, 0.05) is 19.8 Å². The third-order valence-corrected chi connectivity index (χ3v) is 3.41. The molecule has 1 aromatic heterocycles. The Balaban J connectivity index is 2.14. The van der Waals surface area contributed by atoms with Crippen molar-refractivity contribution >= 4 is 5.91 Å². The summed E-state index contributed by atoms with van der Waals surface area (Å²) >= 11 is 0. The summed E-state index contributed by atoms with van der Waals surface area (Å²) in [5, 5.41) is 3.41. The number of nitrogens with zero attached hydrogens (tertiary/aromatic N) is 3. The summed E-state index contributed by atoms with van der Waals surface area (Å²) < 4.78 is 0. The van der Waals surface area contributed by atoms with E-state index in [0.717, 1.165) is 25.2 Å². The van der Waals surface area contributed by atoms with E-state index in [-0.39, 0.29) is 5.91 Å². The predicted octanol–water partition coefficient (Wildman–Crippen LogP) is 1.03. The van der Waals surface area contributed by atoms with Gasteiger partial charge in [-0.05, 0) is 51.3 Å². The van der Waals surface area contributed by atoms with E-state index in [0.29, 0.717) is 17.4 Å².